The predicted octanol–water partition coefficient (Wildman–Crippen LogP) is 3.12. The van der Waals surface area contributed by atoms with Gasteiger partial charge in [-0.05, 0) is 31.2 Å². The van der Waals surface area contributed by atoms with Crippen LogP contribution < -0.4 is 9.64 Å². The van der Waals surface area contributed by atoms with Crippen LogP contribution >= 0.6 is 11.3 Å². The molecule has 0 bridgehead atoms. The van der Waals surface area contributed by atoms with Gasteiger partial charge in [0.1, 0.15) is 22.7 Å². The first-order chi connectivity index (χ1) is 10.7. The third kappa shape index (κ3) is 2.03. The van der Waals surface area contributed by atoms with Crippen molar-refractivity contribution >= 4 is 33.3 Å². The number of ether oxygens (including phenoxy) is 1. The number of rotatable bonds is 1. The van der Waals surface area contributed by atoms with Gasteiger partial charge in [-0.2, -0.15) is 0 Å². The van der Waals surface area contributed by atoms with Gasteiger partial charge in [0.05, 0.1) is 11.7 Å². The number of pyridine rings is 1. The molecule has 3 heterocycles. The van der Waals surface area contributed by atoms with E-state index in [1.54, 1.807) is 11.1 Å². The number of anilines is 1. The minimum Gasteiger partial charge on any atom is -0.489 e. The maximum Gasteiger partial charge on any atom is 0.287 e. The van der Waals surface area contributed by atoms with Crippen LogP contribution in [0, 0.1) is 0 Å². The number of aromatic nitrogens is 2. The van der Waals surface area contributed by atoms with Crippen molar-refractivity contribution in [3.63, 3.8) is 0 Å². The molecule has 4 rings (SSSR count). The largest absolute Gasteiger partial charge is 0.489 e. The van der Waals surface area contributed by atoms with Gasteiger partial charge in [-0.1, -0.05) is 23.5 Å². The van der Waals surface area contributed by atoms with Gasteiger partial charge >= 0.3 is 0 Å². The maximum atomic E-state index is 12.9. The van der Waals surface area contributed by atoms with Gasteiger partial charge in [0.25, 0.3) is 5.91 Å². The van der Waals surface area contributed by atoms with E-state index < -0.39 is 0 Å². The van der Waals surface area contributed by atoms with Gasteiger partial charge in [-0.15, -0.1) is 0 Å². The molecule has 110 valence electrons. The Hall–Kier alpha value is -2.47. The summed E-state index contributed by atoms with van der Waals surface area (Å²) in [7, 11) is 0. The SMILES string of the molecule is CC1COc2ccccc2N1C(=O)c1nc2cccnc2s1. The Morgan fingerprint density at radius 2 is 2.18 bits per heavy atom. The molecule has 2 aromatic heterocycles. The highest BCUT2D eigenvalue weighted by molar-refractivity contribution is 7.20. The van der Waals surface area contributed by atoms with Gasteiger partial charge < -0.3 is 4.74 Å². The van der Waals surface area contributed by atoms with Gasteiger partial charge in [0.15, 0.2) is 5.01 Å². The molecule has 0 N–H and O–H groups in total. The van der Waals surface area contributed by atoms with Crippen molar-refractivity contribution in [1.82, 2.24) is 9.97 Å². The fourth-order valence-electron chi connectivity index (χ4n) is 2.57. The maximum absolute atomic E-state index is 12.9. The van der Waals surface area contributed by atoms with Crippen LogP contribution in [0.3, 0.4) is 0 Å². The summed E-state index contributed by atoms with van der Waals surface area (Å²) >= 11 is 1.32. The number of carbonyl (C=O) groups excluding carboxylic acids is 1. The molecule has 3 aromatic rings. The van der Waals surface area contributed by atoms with Crippen molar-refractivity contribution in [2.75, 3.05) is 11.5 Å². The van der Waals surface area contributed by atoms with Crippen LogP contribution in [-0.4, -0.2) is 28.5 Å². The third-order valence-electron chi connectivity index (χ3n) is 3.61. The number of hydrogen-bond donors (Lipinski definition) is 0. The molecular weight excluding hydrogens is 298 g/mol. The zero-order chi connectivity index (χ0) is 15.1. The van der Waals surface area contributed by atoms with Crippen molar-refractivity contribution in [2.24, 2.45) is 0 Å². The molecule has 1 atom stereocenters. The molecule has 0 aliphatic carbocycles. The van der Waals surface area contributed by atoms with Gasteiger partial charge in [0, 0.05) is 6.20 Å². The highest BCUT2D eigenvalue weighted by Gasteiger charge is 2.31. The Labute approximate surface area is 131 Å². The smallest absolute Gasteiger partial charge is 0.287 e. The lowest BCUT2D eigenvalue weighted by Crippen LogP contribution is -2.45. The molecular formula is C16H13N3O2S. The van der Waals surface area contributed by atoms with E-state index in [-0.39, 0.29) is 11.9 Å². The average Bonchev–Trinajstić information content (AvgIpc) is 2.98. The molecule has 6 heteroatoms. The molecule has 0 saturated heterocycles. The third-order valence-corrected chi connectivity index (χ3v) is 4.58. The summed E-state index contributed by atoms with van der Waals surface area (Å²) in [6, 6.07) is 11.2. The molecule has 0 fully saturated rings. The number of hydrogen-bond acceptors (Lipinski definition) is 5. The number of fused-ring (bicyclic) bond motifs is 2. The minimum atomic E-state index is -0.105. The zero-order valence-corrected chi connectivity index (χ0v) is 12.7. The lowest BCUT2D eigenvalue weighted by molar-refractivity contribution is 0.0961. The Bertz CT molecular complexity index is 828. The first kappa shape index (κ1) is 13.2. The molecule has 1 amide bonds. The lowest BCUT2D eigenvalue weighted by atomic mass is 10.1. The van der Waals surface area contributed by atoms with E-state index in [1.807, 2.05) is 43.3 Å². The summed E-state index contributed by atoms with van der Waals surface area (Å²) in [5.74, 6) is 0.624. The predicted molar refractivity (Wildman–Crippen MR) is 85.6 cm³/mol. The number of amides is 1. The van der Waals surface area contributed by atoms with Crippen LogP contribution in [0.1, 0.15) is 16.7 Å². The van der Waals surface area contributed by atoms with Crippen molar-refractivity contribution in [1.29, 1.82) is 0 Å². The molecule has 0 radical (unpaired) electrons. The Morgan fingerprint density at radius 1 is 1.32 bits per heavy atom. The molecule has 0 saturated carbocycles. The Morgan fingerprint density at radius 3 is 3.05 bits per heavy atom. The van der Waals surface area contributed by atoms with Gasteiger partial charge in [0.2, 0.25) is 0 Å². The summed E-state index contributed by atoms with van der Waals surface area (Å²) < 4.78 is 5.69. The Balaban J connectivity index is 1.78. The molecule has 22 heavy (non-hydrogen) atoms. The molecule has 1 unspecified atom stereocenters. The number of nitrogens with zero attached hydrogens (tertiary/aromatic N) is 3. The highest BCUT2D eigenvalue weighted by Crippen LogP contribution is 2.35. The topological polar surface area (TPSA) is 55.3 Å². The lowest BCUT2D eigenvalue weighted by Gasteiger charge is -2.34. The van der Waals surface area contributed by atoms with Crippen LogP contribution in [0.2, 0.25) is 0 Å². The number of para-hydroxylation sites is 2. The standard InChI is InChI=1S/C16H13N3O2S/c1-10-9-21-13-7-3-2-6-12(13)19(10)16(20)15-18-11-5-4-8-17-14(11)22-15/h2-8,10H,9H2,1H3. The van der Waals surface area contributed by atoms with Crippen LogP contribution in [0.25, 0.3) is 10.3 Å². The summed E-state index contributed by atoms with van der Waals surface area (Å²) in [6.45, 7) is 2.45. The van der Waals surface area contributed by atoms with Crippen molar-refractivity contribution in [3.8, 4) is 5.75 Å². The molecule has 1 aliphatic heterocycles. The van der Waals surface area contributed by atoms with Crippen molar-refractivity contribution < 1.29 is 9.53 Å². The van der Waals surface area contributed by atoms with Gasteiger partial charge in [-0.3, -0.25) is 9.69 Å². The van der Waals surface area contributed by atoms with Gasteiger partial charge in [-0.25, -0.2) is 9.97 Å². The van der Waals surface area contributed by atoms with Crippen LogP contribution in [0.15, 0.2) is 42.6 Å². The summed E-state index contributed by atoms with van der Waals surface area (Å²) in [4.78, 5) is 24.1. The summed E-state index contributed by atoms with van der Waals surface area (Å²) in [5.41, 5.74) is 1.54. The van der Waals surface area contributed by atoms with E-state index in [0.717, 1.165) is 21.8 Å². The normalized spacial score (nSPS) is 17.1. The number of benzene rings is 1. The highest BCUT2D eigenvalue weighted by atomic mass is 32.1. The van der Waals surface area contributed by atoms with E-state index in [0.29, 0.717) is 11.6 Å². The molecule has 1 aromatic carbocycles. The second kappa shape index (κ2) is 5.06. The monoisotopic (exact) mass is 311 g/mol. The second-order valence-corrected chi connectivity index (χ2v) is 6.13. The summed E-state index contributed by atoms with van der Waals surface area (Å²) in [6.07, 6.45) is 1.71. The number of carbonyl (C=O) groups is 1. The zero-order valence-electron chi connectivity index (χ0n) is 11.9. The molecule has 5 nitrogen and oxygen atoms in total. The molecule has 0 spiro atoms. The first-order valence-electron chi connectivity index (χ1n) is 7.01. The van der Waals surface area contributed by atoms with E-state index in [4.69, 9.17) is 4.74 Å². The number of thiazole rings is 1. The van der Waals surface area contributed by atoms with E-state index in [2.05, 4.69) is 9.97 Å². The van der Waals surface area contributed by atoms with Crippen LogP contribution in [-0.2, 0) is 0 Å². The fourth-order valence-corrected chi connectivity index (χ4v) is 3.42. The van der Waals surface area contributed by atoms with E-state index in [1.165, 1.54) is 11.3 Å². The summed E-state index contributed by atoms with van der Waals surface area (Å²) in [5, 5.41) is 0.456. The first-order valence-corrected chi connectivity index (χ1v) is 7.82. The van der Waals surface area contributed by atoms with E-state index in [9.17, 15) is 4.79 Å². The van der Waals surface area contributed by atoms with Crippen molar-refractivity contribution in [2.45, 2.75) is 13.0 Å². The van der Waals surface area contributed by atoms with Crippen molar-refractivity contribution in [3.05, 3.63) is 47.6 Å². The van der Waals surface area contributed by atoms with Crippen LogP contribution in [0.4, 0.5) is 5.69 Å². The average molecular weight is 311 g/mol. The molecule has 1 aliphatic rings. The second-order valence-electron chi connectivity index (χ2n) is 5.15. The van der Waals surface area contributed by atoms with Crippen LogP contribution in [0.5, 0.6) is 5.75 Å². The fraction of sp³-hybridized carbons (Fsp3) is 0.188. The van der Waals surface area contributed by atoms with E-state index >= 15 is 0 Å². The Kier molecular flexibility index (Phi) is 3.04. The minimum absolute atomic E-state index is 0.0395. The quantitative estimate of drug-likeness (QED) is 0.693.